The first-order valence-electron chi connectivity index (χ1n) is 7.12. The molecule has 1 aromatic carbocycles. The van der Waals surface area contributed by atoms with Crippen LogP contribution in [0.3, 0.4) is 0 Å². The van der Waals surface area contributed by atoms with Gasteiger partial charge in [-0.05, 0) is 31.5 Å². The lowest BCUT2D eigenvalue weighted by atomic mass is 9.97. The molecule has 0 spiro atoms. The Bertz CT molecular complexity index is 520. The molecule has 4 nitrogen and oxygen atoms in total. The number of hydrogen-bond donors (Lipinski definition) is 1. The van der Waals surface area contributed by atoms with Gasteiger partial charge in [0.15, 0.2) is 0 Å². The highest BCUT2D eigenvalue weighted by Gasteiger charge is 2.41. The molecular formula is C15H19F3N2O2. The molecule has 2 rings (SSSR count). The first-order valence-corrected chi connectivity index (χ1v) is 7.12. The molecule has 0 saturated carbocycles. The van der Waals surface area contributed by atoms with E-state index < -0.39 is 12.1 Å². The average molecular weight is 316 g/mol. The van der Waals surface area contributed by atoms with Crippen molar-refractivity contribution < 1.29 is 22.7 Å². The summed E-state index contributed by atoms with van der Waals surface area (Å²) in [6.07, 6.45) is -3.61. The van der Waals surface area contributed by atoms with Crippen molar-refractivity contribution in [3.8, 4) is 5.75 Å². The number of methoxy groups -OCH3 is 1. The van der Waals surface area contributed by atoms with Gasteiger partial charge in [0.2, 0.25) is 5.91 Å². The predicted molar refractivity (Wildman–Crippen MR) is 76.8 cm³/mol. The largest absolute Gasteiger partial charge is 0.495 e. The van der Waals surface area contributed by atoms with E-state index in [2.05, 4.69) is 5.32 Å². The zero-order chi connectivity index (χ0) is 16.2. The minimum absolute atomic E-state index is 0.0510. The number of nitrogens with one attached hydrogen (secondary N) is 1. The monoisotopic (exact) mass is 316 g/mol. The number of carbonyl (C=O) groups is 1. The van der Waals surface area contributed by atoms with Crippen LogP contribution in [0, 0.1) is 5.92 Å². The lowest BCUT2D eigenvalue weighted by Gasteiger charge is -2.33. The molecule has 22 heavy (non-hydrogen) atoms. The third-order valence-corrected chi connectivity index (χ3v) is 3.72. The third kappa shape index (κ3) is 4.37. The van der Waals surface area contributed by atoms with Crippen LogP contribution in [0.1, 0.15) is 12.8 Å². The van der Waals surface area contributed by atoms with E-state index in [1.165, 1.54) is 7.11 Å². The average Bonchev–Trinajstić information content (AvgIpc) is 2.47. The zero-order valence-corrected chi connectivity index (χ0v) is 12.3. The summed E-state index contributed by atoms with van der Waals surface area (Å²) in [6.45, 7) is 0.333. The molecule has 1 aliphatic heterocycles. The molecule has 1 heterocycles. The summed E-state index contributed by atoms with van der Waals surface area (Å²) < 4.78 is 43.4. The first-order chi connectivity index (χ1) is 10.4. The molecular weight excluding hydrogens is 297 g/mol. The molecule has 1 aromatic rings. The van der Waals surface area contributed by atoms with Gasteiger partial charge >= 0.3 is 6.18 Å². The minimum Gasteiger partial charge on any atom is -0.495 e. The molecule has 1 fully saturated rings. The maximum absolute atomic E-state index is 12.8. The summed E-state index contributed by atoms with van der Waals surface area (Å²) >= 11 is 0. The van der Waals surface area contributed by atoms with E-state index in [9.17, 15) is 18.0 Å². The molecule has 0 aromatic heterocycles. The minimum atomic E-state index is -4.20. The number of piperidine rings is 1. The van der Waals surface area contributed by atoms with Crippen LogP contribution >= 0.6 is 0 Å². The summed E-state index contributed by atoms with van der Waals surface area (Å²) in [4.78, 5) is 13.6. The Morgan fingerprint density at radius 1 is 1.41 bits per heavy atom. The fraction of sp³-hybridized carbons (Fsp3) is 0.533. The molecule has 7 heteroatoms. The Labute approximate surface area is 127 Å². The molecule has 1 amide bonds. The van der Waals surface area contributed by atoms with Crippen molar-refractivity contribution in [2.75, 3.05) is 32.1 Å². The highest BCUT2D eigenvalue weighted by atomic mass is 19.4. The van der Waals surface area contributed by atoms with E-state index in [0.717, 1.165) is 0 Å². The van der Waals surface area contributed by atoms with Gasteiger partial charge in [0.1, 0.15) is 5.75 Å². The van der Waals surface area contributed by atoms with Crippen molar-refractivity contribution in [1.82, 2.24) is 4.90 Å². The van der Waals surface area contributed by atoms with E-state index in [1.807, 2.05) is 0 Å². The van der Waals surface area contributed by atoms with Crippen LogP contribution in [-0.4, -0.2) is 43.7 Å². The van der Waals surface area contributed by atoms with Gasteiger partial charge in [-0.25, -0.2) is 0 Å². The summed E-state index contributed by atoms with van der Waals surface area (Å²) in [5, 5.41) is 2.68. The number of nitrogens with zero attached hydrogens (tertiary/aromatic N) is 1. The maximum Gasteiger partial charge on any atom is 0.393 e. The number of alkyl halides is 3. The summed E-state index contributed by atoms with van der Waals surface area (Å²) in [6, 6.07) is 6.91. The Morgan fingerprint density at radius 2 is 2.14 bits per heavy atom. The van der Waals surface area contributed by atoms with E-state index in [-0.39, 0.29) is 25.4 Å². The molecule has 1 N–H and O–H groups in total. The second kappa shape index (κ2) is 7.00. The number of hydrogen-bond acceptors (Lipinski definition) is 3. The molecule has 1 atom stereocenters. The third-order valence-electron chi connectivity index (χ3n) is 3.72. The van der Waals surface area contributed by atoms with Gasteiger partial charge in [0.25, 0.3) is 0 Å². The van der Waals surface area contributed by atoms with Crippen molar-refractivity contribution in [3.63, 3.8) is 0 Å². The van der Waals surface area contributed by atoms with Gasteiger partial charge in [-0.1, -0.05) is 12.1 Å². The molecule has 1 saturated heterocycles. The number of anilines is 1. The Morgan fingerprint density at radius 3 is 2.82 bits per heavy atom. The molecule has 0 unspecified atom stereocenters. The van der Waals surface area contributed by atoms with Gasteiger partial charge in [0, 0.05) is 6.54 Å². The van der Waals surface area contributed by atoms with Crippen LogP contribution in [0.2, 0.25) is 0 Å². The van der Waals surface area contributed by atoms with Gasteiger partial charge in [-0.15, -0.1) is 0 Å². The van der Waals surface area contributed by atoms with Gasteiger partial charge in [-0.2, -0.15) is 13.2 Å². The number of amides is 1. The van der Waals surface area contributed by atoms with Crippen LogP contribution in [0.25, 0.3) is 0 Å². The summed E-state index contributed by atoms with van der Waals surface area (Å²) in [5.74, 6) is -1.17. The first kappa shape index (κ1) is 16.6. The van der Waals surface area contributed by atoms with Gasteiger partial charge in [0.05, 0.1) is 25.3 Å². The number of carbonyl (C=O) groups excluding carboxylic acids is 1. The van der Waals surface area contributed by atoms with Crippen molar-refractivity contribution in [2.24, 2.45) is 5.92 Å². The van der Waals surface area contributed by atoms with Gasteiger partial charge in [-0.3, -0.25) is 9.69 Å². The second-order valence-electron chi connectivity index (χ2n) is 5.36. The number of halogens is 3. The fourth-order valence-electron chi connectivity index (χ4n) is 2.61. The van der Waals surface area contributed by atoms with E-state index >= 15 is 0 Å². The highest BCUT2D eigenvalue weighted by molar-refractivity contribution is 5.93. The van der Waals surface area contributed by atoms with Crippen LogP contribution < -0.4 is 10.1 Å². The number of para-hydroxylation sites is 2. The number of rotatable bonds is 4. The molecule has 122 valence electrons. The molecule has 1 aliphatic rings. The molecule has 0 aliphatic carbocycles. The topological polar surface area (TPSA) is 41.6 Å². The van der Waals surface area contributed by atoms with Crippen LogP contribution in [0.5, 0.6) is 5.75 Å². The number of benzene rings is 1. The number of likely N-dealkylation sites (tertiary alicyclic amines) is 1. The standard InChI is InChI=1S/C15H19F3N2O2/c1-22-13-7-3-2-6-12(13)19-14(21)10-20-8-4-5-11(9-20)15(16,17)18/h2-3,6-7,11H,4-5,8-10H2,1H3,(H,19,21)/t11-/m0/s1. The molecule has 0 bridgehead atoms. The van der Waals surface area contributed by atoms with Crippen molar-refractivity contribution in [2.45, 2.75) is 19.0 Å². The lowest BCUT2D eigenvalue weighted by Crippen LogP contribution is -2.44. The molecule has 0 radical (unpaired) electrons. The maximum atomic E-state index is 12.8. The quantitative estimate of drug-likeness (QED) is 0.928. The zero-order valence-electron chi connectivity index (χ0n) is 12.3. The Hall–Kier alpha value is -1.76. The summed E-state index contributed by atoms with van der Waals surface area (Å²) in [5.41, 5.74) is 0.513. The fourth-order valence-corrected chi connectivity index (χ4v) is 2.61. The summed E-state index contributed by atoms with van der Waals surface area (Å²) in [7, 11) is 1.49. The second-order valence-corrected chi connectivity index (χ2v) is 5.36. The normalized spacial score (nSPS) is 19.7. The van der Waals surface area contributed by atoms with Crippen molar-refractivity contribution in [3.05, 3.63) is 24.3 Å². The lowest BCUT2D eigenvalue weighted by molar-refractivity contribution is -0.186. The Kier molecular flexibility index (Phi) is 5.28. The van der Waals surface area contributed by atoms with E-state index in [1.54, 1.807) is 29.2 Å². The predicted octanol–water partition coefficient (Wildman–Crippen LogP) is 2.91. The van der Waals surface area contributed by atoms with Crippen molar-refractivity contribution >= 4 is 11.6 Å². The van der Waals surface area contributed by atoms with Gasteiger partial charge < -0.3 is 10.1 Å². The van der Waals surface area contributed by atoms with E-state index in [0.29, 0.717) is 24.4 Å². The highest BCUT2D eigenvalue weighted by Crippen LogP contribution is 2.33. The van der Waals surface area contributed by atoms with E-state index in [4.69, 9.17) is 4.74 Å². The smallest absolute Gasteiger partial charge is 0.393 e. The van der Waals surface area contributed by atoms with Crippen LogP contribution in [-0.2, 0) is 4.79 Å². The van der Waals surface area contributed by atoms with Crippen LogP contribution in [0.15, 0.2) is 24.3 Å². The Balaban J connectivity index is 1.92. The SMILES string of the molecule is COc1ccccc1NC(=O)CN1CCC[C@H](C(F)(F)F)C1. The van der Waals surface area contributed by atoms with Crippen LogP contribution in [0.4, 0.5) is 18.9 Å². The number of ether oxygens (including phenoxy) is 1. The van der Waals surface area contributed by atoms with Crippen molar-refractivity contribution in [1.29, 1.82) is 0 Å².